The molecule has 0 bridgehead atoms. The van der Waals surface area contributed by atoms with Gasteiger partial charge in [-0.1, -0.05) is 64.7 Å². The van der Waals surface area contributed by atoms with Crippen molar-refractivity contribution in [2.75, 3.05) is 6.54 Å². The van der Waals surface area contributed by atoms with Gasteiger partial charge in [0.05, 0.1) is 8.07 Å². The fraction of sp³-hybridized carbons (Fsp3) is 0.588. The SMILES string of the molecule is CC(C)(C)C(=O)N1CCc2ccccc2C1[Si](C)(C)C. The summed E-state index contributed by atoms with van der Waals surface area (Å²) in [5.41, 5.74) is 2.82. The second-order valence-corrected chi connectivity index (χ2v) is 13.2. The quantitative estimate of drug-likeness (QED) is 0.715. The third-order valence-corrected chi connectivity index (χ3v) is 6.27. The molecular formula is C17H27NOSi. The zero-order valence-electron chi connectivity index (χ0n) is 13.7. The Morgan fingerprint density at radius 1 is 1.20 bits per heavy atom. The first kappa shape index (κ1) is 15.3. The van der Waals surface area contributed by atoms with Crippen LogP contribution in [0.4, 0.5) is 0 Å². The van der Waals surface area contributed by atoms with Gasteiger partial charge in [0.1, 0.15) is 0 Å². The minimum atomic E-state index is -1.51. The van der Waals surface area contributed by atoms with Gasteiger partial charge in [0, 0.05) is 17.6 Å². The largest absolute Gasteiger partial charge is 0.338 e. The monoisotopic (exact) mass is 289 g/mol. The van der Waals surface area contributed by atoms with Crippen LogP contribution >= 0.6 is 0 Å². The highest BCUT2D eigenvalue weighted by atomic mass is 28.3. The maximum Gasteiger partial charge on any atom is 0.228 e. The van der Waals surface area contributed by atoms with Crippen LogP contribution in [0.3, 0.4) is 0 Å². The van der Waals surface area contributed by atoms with Crippen molar-refractivity contribution in [2.24, 2.45) is 5.41 Å². The molecule has 0 N–H and O–H groups in total. The van der Waals surface area contributed by atoms with Gasteiger partial charge in [-0.15, -0.1) is 0 Å². The molecule has 0 aliphatic carbocycles. The van der Waals surface area contributed by atoms with Gasteiger partial charge in [-0.25, -0.2) is 0 Å². The van der Waals surface area contributed by atoms with Gasteiger partial charge in [0.2, 0.25) is 5.91 Å². The average Bonchev–Trinajstić information content (AvgIpc) is 2.34. The summed E-state index contributed by atoms with van der Waals surface area (Å²) in [5, 5.41) is 0. The van der Waals surface area contributed by atoms with E-state index in [-0.39, 0.29) is 5.41 Å². The number of amides is 1. The van der Waals surface area contributed by atoms with Crippen molar-refractivity contribution >= 4 is 14.0 Å². The molecule has 0 fully saturated rings. The van der Waals surface area contributed by atoms with E-state index in [1.54, 1.807) is 0 Å². The first-order chi connectivity index (χ1) is 9.12. The molecule has 1 heterocycles. The van der Waals surface area contributed by atoms with E-state index in [0.717, 1.165) is 13.0 Å². The Hall–Kier alpha value is -1.09. The molecule has 3 heteroatoms. The molecule has 20 heavy (non-hydrogen) atoms. The Balaban J connectivity index is 2.48. The third-order valence-electron chi connectivity index (χ3n) is 4.01. The lowest BCUT2D eigenvalue weighted by Crippen LogP contribution is -2.53. The van der Waals surface area contributed by atoms with E-state index in [1.165, 1.54) is 11.1 Å². The molecular weight excluding hydrogens is 262 g/mol. The topological polar surface area (TPSA) is 20.3 Å². The molecule has 2 rings (SSSR count). The van der Waals surface area contributed by atoms with Crippen LogP contribution in [0, 0.1) is 5.41 Å². The molecule has 0 aromatic heterocycles. The molecule has 1 aromatic rings. The normalized spacial score (nSPS) is 19.7. The maximum absolute atomic E-state index is 12.8. The van der Waals surface area contributed by atoms with Crippen LogP contribution in [-0.4, -0.2) is 25.4 Å². The molecule has 2 nitrogen and oxygen atoms in total. The summed E-state index contributed by atoms with van der Waals surface area (Å²) in [7, 11) is -1.51. The number of benzene rings is 1. The van der Waals surface area contributed by atoms with Gasteiger partial charge in [-0.2, -0.15) is 0 Å². The molecule has 1 unspecified atom stereocenters. The van der Waals surface area contributed by atoms with Crippen LogP contribution < -0.4 is 0 Å². The Morgan fingerprint density at radius 3 is 2.35 bits per heavy atom. The van der Waals surface area contributed by atoms with Gasteiger partial charge >= 0.3 is 0 Å². The lowest BCUT2D eigenvalue weighted by molar-refractivity contribution is -0.141. The third kappa shape index (κ3) is 2.83. The Labute approximate surface area is 124 Å². The van der Waals surface area contributed by atoms with E-state index >= 15 is 0 Å². The van der Waals surface area contributed by atoms with Gasteiger partial charge in [-0.3, -0.25) is 4.79 Å². The lowest BCUT2D eigenvalue weighted by Gasteiger charge is -2.45. The van der Waals surface area contributed by atoms with Gasteiger partial charge in [0.25, 0.3) is 0 Å². The van der Waals surface area contributed by atoms with Crippen LogP contribution in [0.2, 0.25) is 19.6 Å². The fourth-order valence-electron chi connectivity index (χ4n) is 3.15. The van der Waals surface area contributed by atoms with Crippen LogP contribution in [0.1, 0.15) is 37.6 Å². The molecule has 1 aliphatic heterocycles. The second kappa shape index (κ2) is 5.03. The van der Waals surface area contributed by atoms with Crippen molar-refractivity contribution in [3.63, 3.8) is 0 Å². The van der Waals surface area contributed by atoms with E-state index in [0.29, 0.717) is 11.6 Å². The van der Waals surface area contributed by atoms with Crippen LogP contribution in [0.25, 0.3) is 0 Å². The molecule has 0 saturated heterocycles. The summed E-state index contributed by atoms with van der Waals surface area (Å²) >= 11 is 0. The number of carbonyl (C=O) groups excluding carboxylic acids is 1. The zero-order chi connectivity index (χ0) is 15.1. The van der Waals surface area contributed by atoms with E-state index < -0.39 is 8.07 Å². The maximum atomic E-state index is 12.8. The smallest absolute Gasteiger partial charge is 0.228 e. The van der Waals surface area contributed by atoms with E-state index in [1.807, 2.05) is 20.8 Å². The average molecular weight is 289 g/mol. The summed E-state index contributed by atoms with van der Waals surface area (Å²) in [6, 6.07) is 8.67. The molecule has 1 amide bonds. The highest BCUT2D eigenvalue weighted by Gasteiger charge is 2.42. The van der Waals surface area contributed by atoms with Crippen LogP contribution in [0.15, 0.2) is 24.3 Å². The van der Waals surface area contributed by atoms with Crippen molar-refractivity contribution < 1.29 is 4.79 Å². The summed E-state index contributed by atoms with van der Waals surface area (Å²) in [6.07, 6.45) is 0.985. The molecule has 1 aromatic carbocycles. The molecule has 0 saturated carbocycles. The van der Waals surface area contributed by atoms with Crippen molar-refractivity contribution in [1.29, 1.82) is 0 Å². The first-order valence-electron chi connectivity index (χ1n) is 7.51. The highest BCUT2D eigenvalue weighted by Crippen LogP contribution is 2.38. The number of hydrogen-bond donors (Lipinski definition) is 0. The van der Waals surface area contributed by atoms with Gasteiger partial charge in [0.15, 0.2) is 0 Å². The van der Waals surface area contributed by atoms with E-state index in [4.69, 9.17) is 0 Å². The predicted molar refractivity (Wildman–Crippen MR) is 87.4 cm³/mol. The van der Waals surface area contributed by atoms with E-state index in [9.17, 15) is 4.79 Å². The Bertz CT molecular complexity index is 510. The fourth-order valence-corrected chi connectivity index (χ4v) is 5.55. The molecule has 110 valence electrons. The summed E-state index contributed by atoms with van der Waals surface area (Å²) < 4.78 is 0. The number of rotatable bonds is 1. The summed E-state index contributed by atoms with van der Waals surface area (Å²) in [6.45, 7) is 14.0. The number of hydrogen-bond acceptors (Lipinski definition) is 1. The number of nitrogens with zero attached hydrogens (tertiary/aromatic N) is 1. The van der Waals surface area contributed by atoms with Crippen molar-refractivity contribution in [3.8, 4) is 0 Å². The number of fused-ring (bicyclic) bond motifs is 1. The van der Waals surface area contributed by atoms with Crippen molar-refractivity contribution in [2.45, 2.75) is 52.5 Å². The number of carbonyl (C=O) groups is 1. The highest BCUT2D eigenvalue weighted by molar-refractivity contribution is 6.77. The molecule has 1 aliphatic rings. The minimum absolute atomic E-state index is 0.291. The molecule has 1 atom stereocenters. The van der Waals surface area contributed by atoms with Crippen LogP contribution in [-0.2, 0) is 11.2 Å². The Kier molecular flexibility index (Phi) is 3.85. The van der Waals surface area contributed by atoms with Gasteiger partial charge in [-0.05, 0) is 17.5 Å². The minimum Gasteiger partial charge on any atom is -0.338 e. The van der Waals surface area contributed by atoms with Gasteiger partial charge < -0.3 is 4.90 Å². The Morgan fingerprint density at radius 2 is 1.80 bits per heavy atom. The van der Waals surface area contributed by atoms with Crippen molar-refractivity contribution in [3.05, 3.63) is 35.4 Å². The zero-order valence-corrected chi connectivity index (χ0v) is 14.7. The first-order valence-corrected chi connectivity index (χ1v) is 11.1. The standard InChI is InChI=1S/C17H27NOSi/c1-17(2,3)16(19)18-12-11-13-9-7-8-10-14(13)15(18)20(4,5)6/h7-10,15H,11-12H2,1-6H3. The van der Waals surface area contributed by atoms with Crippen molar-refractivity contribution in [1.82, 2.24) is 4.90 Å². The molecule has 0 radical (unpaired) electrons. The second-order valence-electron chi connectivity index (χ2n) is 7.97. The van der Waals surface area contributed by atoms with E-state index in [2.05, 4.69) is 48.8 Å². The predicted octanol–water partition coefficient (Wildman–Crippen LogP) is 4.04. The lowest BCUT2D eigenvalue weighted by atomic mass is 9.92. The summed E-state index contributed by atoms with van der Waals surface area (Å²) in [5.74, 6) is 0.291. The van der Waals surface area contributed by atoms with Crippen LogP contribution in [0.5, 0.6) is 0 Å². The summed E-state index contributed by atoms with van der Waals surface area (Å²) in [4.78, 5) is 15.0. The molecule has 0 spiro atoms.